The van der Waals surface area contributed by atoms with E-state index < -0.39 is 17.4 Å². The van der Waals surface area contributed by atoms with Crippen LogP contribution in [0.2, 0.25) is 0 Å². The summed E-state index contributed by atoms with van der Waals surface area (Å²) in [4.78, 5) is 25.2. The molecule has 2 unspecified atom stereocenters. The van der Waals surface area contributed by atoms with Crippen molar-refractivity contribution in [2.75, 3.05) is 14.2 Å². The van der Waals surface area contributed by atoms with Gasteiger partial charge in [-0.05, 0) is 24.8 Å². The molecule has 1 aliphatic carbocycles. The van der Waals surface area contributed by atoms with Gasteiger partial charge >= 0.3 is 11.9 Å². The third-order valence-electron chi connectivity index (χ3n) is 4.73. The Morgan fingerprint density at radius 2 is 1.68 bits per heavy atom. The second-order valence-electron chi connectivity index (χ2n) is 5.67. The lowest BCUT2D eigenvalue weighted by molar-refractivity contribution is -0.170. The topological polar surface area (TPSA) is 52.6 Å². The van der Waals surface area contributed by atoms with Gasteiger partial charge in [-0.15, -0.1) is 0 Å². The van der Waals surface area contributed by atoms with Crippen LogP contribution >= 0.6 is 0 Å². The maximum Gasteiger partial charge on any atom is 0.324 e. The van der Waals surface area contributed by atoms with Crippen molar-refractivity contribution in [2.24, 2.45) is 11.3 Å². The minimum absolute atomic E-state index is 0.0607. The van der Waals surface area contributed by atoms with E-state index >= 15 is 0 Å². The van der Waals surface area contributed by atoms with E-state index in [1.807, 2.05) is 50.3 Å². The summed E-state index contributed by atoms with van der Waals surface area (Å²) in [6, 6.07) is 9.63. The Morgan fingerprint density at radius 1 is 1.14 bits per heavy atom. The van der Waals surface area contributed by atoms with Crippen LogP contribution in [0.4, 0.5) is 0 Å². The molecular formula is C18H22O4. The van der Waals surface area contributed by atoms with Gasteiger partial charge in [0.2, 0.25) is 0 Å². The monoisotopic (exact) mass is 302 g/mol. The lowest BCUT2D eigenvalue weighted by Gasteiger charge is -2.31. The fourth-order valence-corrected chi connectivity index (χ4v) is 3.68. The third kappa shape index (κ3) is 2.32. The number of carbonyl (C=O) groups excluding carboxylic acids is 2. The quantitative estimate of drug-likeness (QED) is 0.489. The van der Waals surface area contributed by atoms with Gasteiger partial charge in [-0.25, -0.2) is 0 Å². The second-order valence-corrected chi connectivity index (χ2v) is 5.67. The fraction of sp³-hybridized carbons (Fsp3) is 0.444. The van der Waals surface area contributed by atoms with E-state index in [0.29, 0.717) is 6.42 Å². The predicted molar refractivity (Wildman–Crippen MR) is 83.2 cm³/mol. The van der Waals surface area contributed by atoms with E-state index in [1.165, 1.54) is 14.2 Å². The van der Waals surface area contributed by atoms with E-state index in [1.54, 1.807) is 0 Å². The first-order valence-corrected chi connectivity index (χ1v) is 7.39. The SMILES string of the molecule is C/C=C1\CC(C(=O)OC)(C(=O)OC)C(c2ccccc2)C1C. The van der Waals surface area contributed by atoms with Gasteiger partial charge in [0.25, 0.3) is 0 Å². The van der Waals surface area contributed by atoms with Crippen LogP contribution < -0.4 is 0 Å². The predicted octanol–water partition coefficient (Wildman–Crippen LogP) is 3.09. The molecule has 2 atom stereocenters. The molecule has 0 saturated heterocycles. The number of allylic oxidation sites excluding steroid dienone is 2. The Morgan fingerprint density at radius 3 is 2.14 bits per heavy atom. The minimum atomic E-state index is -1.31. The van der Waals surface area contributed by atoms with E-state index in [9.17, 15) is 9.59 Å². The van der Waals surface area contributed by atoms with Gasteiger partial charge in [-0.2, -0.15) is 0 Å². The van der Waals surface area contributed by atoms with Crippen LogP contribution in [0.25, 0.3) is 0 Å². The van der Waals surface area contributed by atoms with Crippen molar-refractivity contribution < 1.29 is 19.1 Å². The number of carbonyl (C=O) groups is 2. The van der Waals surface area contributed by atoms with Crippen molar-refractivity contribution >= 4 is 11.9 Å². The van der Waals surface area contributed by atoms with Gasteiger partial charge < -0.3 is 9.47 Å². The molecule has 1 fully saturated rings. The van der Waals surface area contributed by atoms with Crippen molar-refractivity contribution in [3.63, 3.8) is 0 Å². The lowest BCUT2D eigenvalue weighted by Crippen LogP contribution is -2.44. The summed E-state index contributed by atoms with van der Waals surface area (Å²) in [5.74, 6) is -1.29. The fourth-order valence-electron chi connectivity index (χ4n) is 3.68. The number of esters is 2. The molecule has 1 aromatic carbocycles. The first kappa shape index (κ1) is 16.3. The van der Waals surface area contributed by atoms with E-state index in [2.05, 4.69) is 0 Å². The van der Waals surface area contributed by atoms with Gasteiger partial charge in [-0.3, -0.25) is 9.59 Å². The zero-order valence-electron chi connectivity index (χ0n) is 13.5. The highest BCUT2D eigenvalue weighted by Gasteiger charge is 2.61. The molecule has 118 valence electrons. The smallest absolute Gasteiger partial charge is 0.324 e. The van der Waals surface area contributed by atoms with Crippen LogP contribution in [0.3, 0.4) is 0 Å². The molecule has 1 aromatic rings. The van der Waals surface area contributed by atoms with Gasteiger partial charge in [0.15, 0.2) is 5.41 Å². The Bertz CT molecular complexity index is 572. The molecular weight excluding hydrogens is 280 g/mol. The first-order chi connectivity index (χ1) is 10.5. The van der Waals surface area contributed by atoms with Gasteiger partial charge in [0.1, 0.15) is 0 Å². The normalized spacial score (nSPS) is 25.0. The molecule has 4 nitrogen and oxygen atoms in total. The van der Waals surface area contributed by atoms with Gasteiger partial charge in [-0.1, -0.05) is 48.9 Å². The molecule has 1 saturated carbocycles. The molecule has 0 amide bonds. The maximum atomic E-state index is 12.6. The molecule has 0 aromatic heterocycles. The second kappa shape index (κ2) is 6.34. The average molecular weight is 302 g/mol. The van der Waals surface area contributed by atoms with Crippen LogP contribution in [-0.2, 0) is 19.1 Å². The van der Waals surface area contributed by atoms with Gasteiger partial charge in [0.05, 0.1) is 14.2 Å². The minimum Gasteiger partial charge on any atom is -0.468 e. The molecule has 0 bridgehead atoms. The zero-order chi connectivity index (χ0) is 16.3. The highest BCUT2D eigenvalue weighted by atomic mass is 16.5. The summed E-state index contributed by atoms with van der Waals surface area (Å²) < 4.78 is 9.97. The van der Waals surface area contributed by atoms with Crippen molar-refractivity contribution in [1.29, 1.82) is 0 Å². The Kier molecular flexibility index (Phi) is 4.69. The Hall–Kier alpha value is -2.10. The Balaban J connectivity index is 2.67. The molecule has 0 N–H and O–H groups in total. The summed E-state index contributed by atoms with van der Waals surface area (Å²) in [7, 11) is 2.63. The maximum absolute atomic E-state index is 12.6. The van der Waals surface area contributed by atoms with Crippen LogP contribution in [0.5, 0.6) is 0 Å². The van der Waals surface area contributed by atoms with E-state index in [4.69, 9.17) is 9.47 Å². The number of rotatable bonds is 3. The molecule has 0 radical (unpaired) electrons. The standard InChI is InChI=1S/C18H22O4/c1-5-13-11-18(16(19)21-3,17(20)22-4)15(12(13)2)14-9-7-6-8-10-14/h5-10,12,15H,11H2,1-4H3/b13-5+. The molecule has 4 heteroatoms. The van der Waals surface area contributed by atoms with Crippen molar-refractivity contribution in [1.82, 2.24) is 0 Å². The molecule has 0 aliphatic heterocycles. The lowest BCUT2D eigenvalue weighted by atomic mass is 9.72. The van der Waals surface area contributed by atoms with E-state index in [-0.39, 0.29) is 11.8 Å². The number of benzene rings is 1. The molecule has 1 aliphatic rings. The third-order valence-corrected chi connectivity index (χ3v) is 4.73. The number of hydrogen-bond donors (Lipinski definition) is 0. The van der Waals surface area contributed by atoms with Crippen molar-refractivity contribution in [2.45, 2.75) is 26.2 Å². The highest BCUT2D eigenvalue weighted by Crippen LogP contribution is 2.56. The summed E-state index contributed by atoms with van der Waals surface area (Å²) in [5.41, 5.74) is 0.707. The highest BCUT2D eigenvalue weighted by molar-refractivity contribution is 6.02. The van der Waals surface area contributed by atoms with E-state index in [0.717, 1.165) is 11.1 Å². The van der Waals surface area contributed by atoms with Crippen LogP contribution in [-0.4, -0.2) is 26.2 Å². The summed E-state index contributed by atoms with van der Waals surface area (Å²) in [6.07, 6.45) is 2.32. The molecule has 22 heavy (non-hydrogen) atoms. The zero-order valence-corrected chi connectivity index (χ0v) is 13.5. The van der Waals surface area contributed by atoms with Crippen molar-refractivity contribution in [3.05, 3.63) is 47.5 Å². The average Bonchev–Trinajstić information content (AvgIpc) is 2.87. The van der Waals surface area contributed by atoms with Crippen LogP contribution in [0.15, 0.2) is 42.0 Å². The molecule has 0 heterocycles. The van der Waals surface area contributed by atoms with Crippen molar-refractivity contribution in [3.8, 4) is 0 Å². The number of hydrogen-bond acceptors (Lipinski definition) is 4. The Labute approximate surface area is 131 Å². The summed E-state index contributed by atoms with van der Waals surface area (Å²) >= 11 is 0. The summed E-state index contributed by atoms with van der Waals surface area (Å²) in [5, 5.41) is 0. The van der Waals surface area contributed by atoms with Crippen LogP contribution in [0.1, 0.15) is 31.7 Å². The first-order valence-electron chi connectivity index (χ1n) is 7.39. The molecule has 0 spiro atoms. The number of methoxy groups -OCH3 is 2. The molecule has 2 rings (SSSR count). The summed E-state index contributed by atoms with van der Waals surface area (Å²) in [6.45, 7) is 3.97. The van der Waals surface area contributed by atoms with Gasteiger partial charge in [0, 0.05) is 5.92 Å². The number of ether oxygens (including phenoxy) is 2. The van der Waals surface area contributed by atoms with Crippen LogP contribution in [0, 0.1) is 11.3 Å². The largest absolute Gasteiger partial charge is 0.468 e.